The Kier molecular flexibility index (Phi) is 8.76. The van der Waals surface area contributed by atoms with Crippen LogP contribution in [0.1, 0.15) is 12.8 Å². The van der Waals surface area contributed by atoms with E-state index in [0.29, 0.717) is 0 Å². The van der Waals surface area contributed by atoms with Gasteiger partial charge >= 0.3 is 0 Å². The maximum Gasteiger partial charge on any atom is 0.186 e. The molecule has 14 atom stereocenters. The van der Waals surface area contributed by atoms with E-state index in [0.717, 1.165) is 0 Å². The van der Waals surface area contributed by atoms with E-state index in [1.54, 1.807) is 0 Å². The normalized spacial score (nSPS) is 52.7. The second kappa shape index (κ2) is 10.8. The van der Waals surface area contributed by atoms with Crippen molar-refractivity contribution in [2.45, 2.75) is 98.5 Å². The summed E-state index contributed by atoms with van der Waals surface area (Å²) in [5, 5.41) is 39.6. The number of aliphatic hydroxyl groups is 4. The van der Waals surface area contributed by atoms with Gasteiger partial charge in [0.2, 0.25) is 0 Å². The fraction of sp³-hybridized carbons (Fsp3) is 1.00. The molecule has 2 saturated heterocycles. The molecule has 14 N–H and O–H groups in total. The van der Waals surface area contributed by atoms with Crippen molar-refractivity contribution in [2.24, 2.45) is 28.7 Å². The lowest BCUT2D eigenvalue weighted by atomic mass is 9.85. The van der Waals surface area contributed by atoms with Crippen LogP contribution < -0.4 is 28.7 Å². The zero-order chi connectivity index (χ0) is 23.7. The molecule has 3 rings (SSSR count). The number of rotatable bonds is 6. The Hall–Kier alpha value is -0.590. The van der Waals surface area contributed by atoms with Gasteiger partial charge in [0.1, 0.15) is 30.5 Å². The summed E-state index contributed by atoms with van der Waals surface area (Å²) < 4.78 is 37.9. The van der Waals surface area contributed by atoms with Gasteiger partial charge in [0.15, 0.2) is 18.8 Å². The van der Waals surface area contributed by atoms with Crippen LogP contribution in [0, 0.1) is 0 Å². The van der Waals surface area contributed by atoms with Crippen LogP contribution in [-0.4, -0.2) is 119 Å². The number of hydrogen-bond acceptors (Lipinski definition) is 13. The Labute approximate surface area is 184 Å². The largest absolute Gasteiger partial charge is 0.394 e. The van der Waals surface area contributed by atoms with Gasteiger partial charge in [-0.3, -0.25) is 0 Å². The van der Waals surface area contributed by atoms with Crippen molar-refractivity contribution in [1.82, 2.24) is 0 Å². The molecule has 14 heteroatoms. The molecule has 188 valence electrons. The standard InChI is InChI=1S/C18H36FN5O8/c19-11-15(31-17-7(23)2-8(26)9(3-20)29-17)5(21)1-6(22)16(11)32-18-14(28)12(24)13(27)10(4-25)30-18/h5-18,25-28H,1-4,20-24H2. The average molecular weight is 470 g/mol. The Morgan fingerprint density at radius 1 is 0.812 bits per heavy atom. The second-order valence-corrected chi connectivity index (χ2v) is 8.74. The van der Waals surface area contributed by atoms with Gasteiger partial charge in [-0.1, -0.05) is 0 Å². The van der Waals surface area contributed by atoms with Crippen LogP contribution in [0.15, 0.2) is 0 Å². The molecule has 3 aliphatic rings. The average Bonchev–Trinajstić information content (AvgIpc) is 2.75. The summed E-state index contributed by atoms with van der Waals surface area (Å²) in [6.45, 7) is -0.561. The van der Waals surface area contributed by atoms with Crippen molar-refractivity contribution in [3.8, 4) is 0 Å². The molecule has 32 heavy (non-hydrogen) atoms. The molecule has 2 aliphatic heterocycles. The predicted molar refractivity (Wildman–Crippen MR) is 107 cm³/mol. The summed E-state index contributed by atoms with van der Waals surface area (Å²) in [4.78, 5) is 0. The lowest BCUT2D eigenvalue weighted by molar-refractivity contribution is -0.309. The highest BCUT2D eigenvalue weighted by Gasteiger charge is 2.50. The van der Waals surface area contributed by atoms with Gasteiger partial charge in [-0.25, -0.2) is 4.39 Å². The number of hydrogen-bond donors (Lipinski definition) is 9. The van der Waals surface area contributed by atoms with Crippen LogP contribution in [0.4, 0.5) is 4.39 Å². The Morgan fingerprint density at radius 3 is 1.94 bits per heavy atom. The molecule has 0 bridgehead atoms. The molecule has 0 aromatic heterocycles. The first-order chi connectivity index (χ1) is 15.1. The number of halogens is 1. The summed E-state index contributed by atoms with van der Waals surface area (Å²) in [5.74, 6) is 0. The minimum Gasteiger partial charge on any atom is -0.394 e. The third-order valence-electron chi connectivity index (χ3n) is 6.37. The maximum atomic E-state index is 15.5. The van der Waals surface area contributed by atoms with Gasteiger partial charge in [0, 0.05) is 18.6 Å². The van der Waals surface area contributed by atoms with Gasteiger partial charge < -0.3 is 68.0 Å². The number of ether oxygens (including phenoxy) is 4. The van der Waals surface area contributed by atoms with E-state index in [2.05, 4.69) is 0 Å². The first kappa shape index (κ1) is 26.0. The first-order valence-electron chi connectivity index (χ1n) is 10.7. The topological polar surface area (TPSA) is 248 Å². The Bertz CT molecular complexity index is 612. The molecule has 0 radical (unpaired) electrons. The van der Waals surface area contributed by atoms with Gasteiger partial charge in [0.05, 0.1) is 30.9 Å². The SMILES string of the molecule is NCC1OC(OC2C(N)CC(N)C(OC3OC(CO)C(O)C(N)C3O)C2F)C(N)CC1O. The fourth-order valence-corrected chi connectivity index (χ4v) is 4.38. The summed E-state index contributed by atoms with van der Waals surface area (Å²) in [7, 11) is 0. The molecule has 1 aliphatic carbocycles. The van der Waals surface area contributed by atoms with E-state index < -0.39 is 92.3 Å². The zero-order valence-electron chi connectivity index (χ0n) is 17.6. The molecule has 0 spiro atoms. The number of nitrogens with two attached hydrogens (primary N) is 5. The maximum absolute atomic E-state index is 15.5. The third-order valence-corrected chi connectivity index (χ3v) is 6.37. The molecule has 1 saturated carbocycles. The summed E-state index contributed by atoms with van der Waals surface area (Å²) in [5.41, 5.74) is 29.5. The molecule has 0 amide bonds. The summed E-state index contributed by atoms with van der Waals surface area (Å²) >= 11 is 0. The minimum atomic E-state index is -1.86. The van der Waals surface area contributed by atoms with E-state index in [-0.39, 0.29) is 19.4 Å². The van der Waals surface area contributed by atoms with E-state index in [9.17, 15) is 20.4 Å². The van der Waals surface area contributed by atoms with Crippen molar-refractivity contribution in [2.75, 3.05) is 13.2 Å². The van der Waals surface area contributed by atoms with Crippen molar-refractivity contribution >= 4 is 0 Å². The Balaban J connectivity index is 1.70. The molecule has 0 aromatic rings. The smallest absolute Gasteiger partial charge is 0.186 e. The molecule has 2 heterocycles. The molecule has 3 fully saturated rings. The highest BCUT2D eigenvalue weighted by molar-refractivity contribution is 5.01. The first-order valence-corrected chi connectivity index (χ1v) is 10.7. The van der Waals surface area contributed by atoms with E-state index in [4.69, 9.17) is 47.6 Å². The van der Waals surface area contributed by atoms with Gasteiger partial charge in [-0.2, -0.15) is 0 Å². The minimum absolute atomic E-state index is 0.0230. The van der Waals surface area contributed by atoms with Crippen LogP contribution in [0.3, 0.4) is 0 Å². The Morgan fingerprint density at radius 2 is 1.38 bits per heavy atom. The molecule has 0 aromatic carbocycles. The quantitative estimate of drug-likeness (QED) is 0.176. The van der Waals surface area contributed by atoms with E-state index >= 15 is 4.39 Å². The molecule has 13 nitrogen and oxygen atoms in total. The third kappa shape index (κ3) is 5.22. The van der Waals surface area contributed by atoms with E-state index in [1.807, 2.05) is 0 Å². The fourth-order valence-electron chi connectivity index (χ4n) is 4.38. The molecular formula is C18H36FN5O8. The second-order valence-electron chi connectivity index (χ2n) is 8.74. The van der Waals surface area contributed by atoms with Crippen LogP contribution in [0.5, 0.6) is 0 Å². The zero-order valence-corrected chi connectivity index (χ0v) is 17.6. The highest BCUT2D eigenvalue weighted by atomic mass is 19.1. The van der Waals surface area contributed by atoms with Crippen molar-refractivity contribution in [1.29, 1.82) is 0 Å². The van der Waals surface area contributed by atoms with Crippen LogP contribution in [0.25, 0.3) is 0 Å². The van der Waals surface area contributed by atoms with Crippen LogP contribution >= 0.6 is 0 Å². The summed E-state index contributed by atoms with van der Waals surface area (Å²) in [6, 6.07) is -3.61. The van der Waals surface area contributed by atoms with Gasteiger partial charge in [-0.15, -0.1) is 0 Å². The number of alkyl halides is 1. The summed E-state index contributed by atoms with van der Waals surface area (Å²) in [6.07, 6.45) is -12.2. The molecule has 14 unspecified atom stereocenters. The van der Waals surface area contributed by atoms with Crippen molar-refractivity contribution < 1.29 is 43.8 Å². The number of aliphatic hydroxyl groups excluding tert-OH is 4. The van der Waals surface area contributed by atoms with E-state index in [1.165, 1.54) is 0 Å². The monoisotopic (exact) mass is 469 g/mol. The highest BCUT2D eigenvalue weighted by Crippen LogP contribution is 2.32. The van der Waals surface area contributed by atoms with Crippen LogP contribution in [0.2, 0.25) is 0 Å². The lowest BCUT2D eigenvalue weighted by Gasteiger charge is -2.47. The van der Waals surface area contributed by atoms with Crippen molar-refractivity contribution in [3.05, 3.63) is 0 Å². The lowest BCUT2D eigenvalue weighted by Crippen LogP contribution is -2.67. The van der Waals surface area contributed by atoms with Crippen LogP contribution in [-0.2, 0) is 18.9 Å². The predicted octanol–water partition coefficient (Wildman–Crippen LogP) is -5.32. The van der Waals surface area contributed by atoms with Gasteiger partial charge in [0.25, 0.3) is 0 Å². The van der Waals surface area contributed by atoms with Crippen molar-refractivity contribution in [3.63, 3.8) is 0 Å². The van der Waals surface area contributed by atoms with Gasteiger partial charge in [-0.05, 0) is 12.8 Å². The molecular weight excluding hydrogens is 433 g/mol.